The molecule has 1 heterocycles. The number of rotatable bonds is 2. The van der Waals surface area contributed by atoms with Gasteiger partial charge >= 0.3 is 0 Å². The number of nitrogen functional groups attached to an aromatic ring is 1. The van der Waals surface area contributed by atoms with Crippen molar-refractivity contribution in [3.05, 3.63) is 58.8 Å². The molecule has 0 aliphatic heterocycles. The number of furan rings is 1. The number of carbonyl (C=O) groups is 1. The molecule has 0 aliphatic rings. The molecular formula is C15H10ClNO3. The molecule has 0 spiro atoms. The summed E-state index contributed by atoms with van der Waals surface area (Å²) in [7, 11) is 0. The van der Waals surface area contributed by atoms with Crippen molar-refractivity contribution < 1.29 is 14.3 Å². The van der Waals surface area contributed by atoms with Gasteiger partial charge in [-0.05, 0) is 30.3 Å². The number of phenols is 1. The number of aromatic hydroxyl groups is 1. The number of para-hydroxylation sites is 1. The maximum absolute atomic E-state index is 12.4. The van der Waals surface area contributed by atoms with Gasteiger partial charge in [-0.1, -0.05) is 23.7 Å². The van der Waals surface area contributed by atoms with Gasteiger partial charge in [-0.25, -0.2) is 0 Å². The Hall–Kier alpha value is -2.46. The molecule has 0 aliphatic carbocycles. The van der Waals surface area contributed by atoms with E-state index in [0.29, 0.717) is 16.0 Å². The fraction of sp³-hybridized carbons (Fsp3) is 0. The highest BCUT2D eigenvalue weighted by Gasteiger charge is 2.22. The molecule has 0 fully saturated rings. The van der Waals surface area contributed by atoms with E-state index in [4.69, 9.17) is 21.8 Å². The van der Waals surface area contributed by atoms with Gasteiger partial charge in [0.25, 0.3) is 0 Å². The van der Waals surface area contributed by atoms with Crippen molar-refractivity contribution in [1.29, 1.82) is 0 Å². The molecular weight excluding hydrogens is 278 g/mol. The van der Waals surface area contributed by atoms with Crippen molar-refractivity contribution in [3.8, 4) is 5.75 Å². The summed E-state index contributed by atoms with van der Waals surface area (Å²) in [5.74, 6) is -0.577. The van der Waals surface area contributed by atoms with Crippen LogP contribution in [-0.4, -0.2) is 10.9 Å². The highest BCUT2D eigenvalue weighted by atomic mass is 35.5. The van der Waals surface area contributed by atoms with E-state index < -0.39 is 5.78 Å². The SMILES string of the molecule is Nc1c(C(=O)c2ccccc2O)oc2ccc(Cl)cc12. The van der Waals surface area contributed by atoms with E-state index in [1.165, 1.54) is 12.1 Å². The zero-order valence-electron chi connectivity index (χ0n) is 10.3. The van der Waals surface area contributed by atoms with Gasteiger partial charge in [0, 0.05) is 10.4 Å². The molecule has 0 saturated heterocycles. The smallest absolute Gasteiger partial charge is 0.234 e. The maximum atomic E-state index is 12.4. The lowest BCUT2D eigenvalue weighted by Crippen LogP contribution is -2.03. The summed E-state index contributed by atoms with van der Waals surface area (Å²) in [4.78, 5) is 12.4. The summed E-state index contributed by atoms with van der Waals surface area (Å²) in [5, 5.41) is 10.8. The van der Waals surface area contributed by atoms with Gasteiger partial charge < -0.3 is 15.3 Å². The summed E-state index contributed by atoms with van der Waals surface area (Å²) < 4.78 is 5.48. The first-order valence-electron chi connectivity index (χ1n) is 5.88. The molecule has 1 aromatic heterocycles. The quantitative estimate of drug-likeness (QED) is 0.706. The number of nitrogens with two attached hydrogens (primary N) is 1. The predicted molar refractivity (Wildman–Crippen MR) is 77.2 cm³/mol. The second kappa shape index (κ2) is 4.58. The highest BCUT2D eigenvalue weighted by Crippen LogP contribution is 2.33. The Morgan fingerprint density at radius 1 is 1.20 bits per heavy atom. The predicted octanol–water partition coefficient (Wildman–Crippen LogP) is 3.61. The Kier molecular flexibility index (Phi) is 2.88. The van der Waals surface area contributed by atoms with Crippen molar-refractivity contribution in [1.82, 2.24) is 0 Å². The van der Waals surface area contributed by atoms with Crippen LogP contribution in [0.4, 0.5) is 5.69 Å². The molecule has 100 valence electrons. The van der Waals surface area contributed by atoms with E-state index in [-0.39, 0.29) is 22.8 Å². The van der Waals surface area contributed by atoms with Gasteiger partial charge in [-0.2, -0.15) is 0 Å². The van der Waals surface area contributed by atoms with E-state index >= 15 is 0 Å². The largest absolute Gasteiger partial charge is 0.507 e. The van der Waals surface area contributed by atoms with Crippen LogP contribution in [0.25, 0.3) is 11.0 Å². The molecule has 2 aromatic carbocycles. The Labute approximate surface area is 119 Å². The second-order valence-electron chi connectivity index (χ2n) is 4.33. The van der Waals surface area contributed by atoms with Crippen molar-refractivity contribution in [2.45, 2.75) is 0 Å². The van der Waals surface area contributed by atoms with Crippen LogP contribution in [0.1, 0.15) is 16.1 Å². The summed E-state index contributed by atoms with van der Waals surface area (Å²) in [6.45, 7) is 0. The normalized spacial score (nSPS) is 10.8. The monoisotopic (exact) mass is 287 g/mol. The first-order chi connectivity index (χ1) is 9.58. The van der Waals surface area contributed by atoms with Crippen LogP contribution >= 0.6 is 11.6 Å². The molecule has 3 rings (SSSR count). The van der Waals surface area contributed by atoms with Crippen molar-refractivity contribution >= 4 is 34.0 Å². The second-order valence-corrected chi connectivity index (χ2v) is 4.77. The van der Waals surface area contributed by atoms with Crippen molar-refractivity contribution in [2.24, 2.45) is 0 Å². The molecule has 0 amide bonds. The molecule has 0 radical (unpaired) electrons. The lowest BCUT2D eigenvalue weighted by molar-refractivity contribution is 0.101. The number of phenolic OH excluding ortho intramolecular Hbond substituents is 1. The molecule has 3 aromatic rings. The van der Waals surface area contributed by atoms with Gasteiger partial charge in [0.2, 0.25) is 5.78 Å². The molecule has 0 saturated carbocycles. The molecule has 0 atom stereocenters. The van der Waals surface area contributed by atoms with Crippen LogP contribution in [0.3, 0.4) is 0 Å². The van der Waals surface area contributed by atoms with E-state index in [1.54, 1.807) is 30.3 Å². The molecule has 0 unspecified atom stereocenters. The standard InChI is InChI=1S/C15H10ClNO3/c16-8-5-6-12-10(7-8)13(17)15(20-12)14(19)9-3-1-2-4-11(9)18/h1-7,18H,17H2. The number of fused-ring (bicyclic) bond motifs is 1. The number of halogens is 1. The minimum atomic E-state index is -0.465. The summed E-state index contributed by atoms with van der Waals surface area (Å²) in [5.41, 5.74) is 6.78. The van der Waals surface area contributed by atoms with Crippen LogP contribution < -0.4 is 5.73 Å². The van der Waals surface area contributed by atoms with Crippen LogP contribution in [0.5, 0.6) is 5.75 Å². The molecule has 4 nitrogen and oxygen atoms in total. The maximum Gasteiger partial charge on any atom is 0.234 e. The highest BCUT2D eigenvalue weighted by molar-refractivity contribution is 6.31. The van der Waals surface area contributed by atoms with Crippen LogP contribution in [-0.2, 0) is 0 Å². The number of benzene rings is 2. The van der Waals surface area contributed by atoms with E-state index in [1.807, 2.05) is 0 Å². The number of anilines is 1. The fourth-order valence-corrected chi connectivity index (χ4v) is 2.22. The number of hydrogen-bond donors (Lipinski definition) is 2. The van der Waals surface area contributed by atoms with E-state index in [9.17, 15) is 9.90 Å². The minimum Gasteiger partial charge on any atom is -0.507 e. The third kappa shape index (κ3) is 1.90. The van der Waals surface area contributed by atoms with Gasteiger partial charge in [-0.15, -0.1) is 0 Å². The third-order valence-corrected chi connectivity index (χ3v) is 3.28. The van der Waals surface area contributed by atoms with Crippen LogP contribution in [0, 0.1) is 0 Å². The summed E-state index contributed by atoms with van der Waals surface area (Å²) in [6.07, 6.45) is 0. The van der Waals surface area contributed by atoms with E-state index in [2.05, 4.69) is 0 Å². The molecule has 5 heteroatoms. The minimum absolute atomic E-state index is 0.00349. The number of carbonyl (C=O) groups excluding carboxylic acids is 1. The average molecular weight is 288 g/mol. The molecule has 0 bridgehead atoms. The van der Waals surface area contributed by atoms with Gasteiger partial charge in [0.05, 0.1) is 11.3 Å². The van der Waals surface area contributed by atoms with Gasteiger partial charge in [0.15, 0.2) is 5.76 Å². The molecule has 20 heavy (non-hydrogen) atoms. The fourth-order valence-electron chi connectivity index (χ4n) is 2.05. The number of hydrogen-bond acceptors (Lipinski definition) is 4. The Morgan fingerprint density at radius 3 is 2.70 bits per heavy atom. The lowest BCUT2D eigenvalue weighted by Gasteiger charge is -2.01. The summed E-state index contributed by atoms with van der Waals surface area (Å²) in [6, 6.07) is 11.2. The van der Waals surface area contributed by atoms with Crippen molar-refractivity contribution in [3.63, 3.8) is 0 Å². The lowest BCUT2D eigenvalue weighted by atomic mass is 10.1. The van der Waals surface area contributed by atoms with Crippen LogP contribution in [0.15, 0.2) is 46.9 Å². The average Bonchev–Trinajstić information content (AvgIpc) is 2.76. The van der Waals surface area contributed by atoms with Gasteiger partial charge in [-0.3, -0.25) is 4.79 Å². The zero-order chi connectivity index (χ0) is 14.3. The van der Waals surface area contributed by atoms with Gasteiger partial charge in [0.1, 0.15) is 11.3 Å². The van der Waals surface area contributed by atoms with E-state index in [0.717, 1.165) is 0 Å². The first kappa shape index (κ1) is 12.6. The Morgan fingerprint density at radius 2 is 1.95 bits per heavy atom. The van der Waals surface area contributed by atoms with Crippen molar-refractivity contribution in [2.75, 3.05) is 5.73 Å². The van der Waals surface area contributed by atoms with Crippen LogP contribution in [0.2, 0.25) is 5.02 Å². The number of ketones is 1. The summed E-state index contributed by atoms with van der Waals surface area (Å²) >= 11 is 5.90. The topological polar surface area (TPSA) is 76.5 Å². The Balaban J connectivity index is 2.18. The zero-order valence-corrected chi connectivity index (χ0v) is 11.0. The first-order valence-corrected chi connectivity index (χ1v) is 6.26. The molecule has 3 N–H and O–H groups in total. The third-order valence-electron chi connectivity index (χ3n) is 3.04. The Bertz CT molecular complexity index is 823.